The first kappa shape index (κ1) is 18.6. The first-order valence-corrected chi connectivity index (χ1v) is 9.66. The maximum absolute atomic E-state index is 12.5. The first-order valence-electron chi connectivity index (χ1n) is 8.46. The van der Waals surface area contributed by atoms with Crippen LogP contribution in [0.15, 0.2) is 40.8 Å². The van der Waals surface area contributed by atoms with Crippen LogP contribution in [0.1, 0.15) is 29.7 Å². The Hall–Kier alpha value is -2.18. The van der Waals surface area contributed by atoms with Gasteiger partial charge in [0, 0.05) is 29.8 Å². The van der Waals surface area contributed by atoms with Crippen LogP contribution in [0.5, 0.6) is 0 Å². The fraction of sp³-hybridized carbons (Fsp3) is 0.316. The average Bonchev–Trinajstić information content (AvgIpc) is 3.27. The maximum Gasteiger partial charge on any atom is 0.247 e. The van der Waals surface area contributed by atoms with E-state index in [1.807, 2.05) is 50.2 Å². The van der Waals surface area contributed by atoms with Gasteiger partial charge in [-0.05, 0) is 38.1 Å². The van der Waals surface area contributed by atoms with Gasteiger partial charge in [-0.1, -0.05) is 29.3 Å². The van der Waals surface area contributed by atoms with Crippen molar-refractivity contribution in [2.24, 2.45) is 0 Å². The van der Waals surface area contributed by atoms with Crippen molar-refractivity contribution >= 4 is 28.8 Å². The summed E-state index contributed by atoms with van der Waals surface area (Å²) in [6.07, 6.45) is 0.766. The molecular weight excluding hydrogens is 370 g/mol. The summed E-state index contributed by atoms with van der Waals surface area (Å²) in [5.41, 5.74) is 2.05. The molecule has 3 aromatic rings. The van der Waals surface area contributed by atoms with Crippen molar-refractivity contribution in [3.63, 3.8) is 0 Å². The zero-order chi connectivity index (χ0) is 18.5. The van der Waals surface area contributed by atoms with Crippen molar-refractivity contribution in [1.29, 1.82) is 0 Å². The van der Waals surface area contributed by atoms with E-state index in [4.69, 9.17) is 16.0 Å². The molecule has 2 heterocycles. The molecule has 2 aromatic heterocycles. The molecule has 0 atom stereocenters. The second-order valence-electron chi connectivity index (χ2n) is 5.98. The molecule has 0 saturated carbocycles. The highest BCUT2D eigenvalue weighted by Gasteiger charge is 2.16. The molecule has 1 amide bonds. The summed E-state index contributed by atoms with van der Waals surface area (Å²) in [7, 11) is 0. The highest BCUT2D eigenvalue weighted by molar-refractivity contribution is 7.16. The number of carbonyl (C=O) groups is 1. The lowest BCUT2D eigenvalue weighted by atomic mass is 10.1. The number of nitrogens with zero attached hydrogens (tertiary/aromatic N) is 3. The zero-order valence-electron chi connectivity index (χ0n) is 14.7. The smallest absolute Gasteiger partial charge is 0.247 e. The molecule has 0 aliphatic heterocycles. The van der Waals surface area contributed by atoms with Crippen molar-refractivity contribution < 1.29 is 9.21 Å². The van der Waals surface area contributed by atoms with Crippen LogP contribution in [0.4, 0.5) is 0 Å². The number of amides is 1. The Bertz CT molecular complexity index is 873. The summed E-state index contributed by atoms with van der Waals surface area (Å²) >= 11 is 7.45. The minimum atomic E-state index is 0.0621. The number of thiophene rings is 1. The molecule has 0 N–H and O–H groups in total. The number of rotatable bonds is 7. The van der Waals surface area contributed by atoms with E-state index in [0.29, 0.717) is 37.7 Å². The number of benzene rings is 1. The van der Waals surface area contributed by atoms with Crippen LogP contribution in [0.25, 0.3) is 11.5 Å². The van der Waals surface area contributed by atoms with E-state index < -0.39 is 0 Å². The standard InChI is InChI=1S/C19H20ClN3O2S/c1-3-23(12-15-8-9-16(20)26-15)18(24)11-10-17-21-22-19(25-17)14-6-4-13(2)5-7-14/h4-9H,3,10-12H2,1-2H3. The van der Waals surface area contributed by atoms with Crippen LogP contribution >= 0.6 is 22.9 Å². The molecule has 1 aromatic carbocycles. The SMILES string of the molecule is CCN(Cc1ccc(Cl)s1)C(=O)CCc1nnc(-c2ccc(C)cc2)o1. The van der Waals surface area contributed by atoms with Gasteiger partial charge in [-0.2, -0.15) is 0 Å². The lowest BCUT2D eigenvalue weighted by molar-refractivity contribution is -0.131. The zero-order valence-corrected chi connectivity index (χ0v) is 16.3. The van der Waals surface area contributed by atoms with Gasteiger partial charge < -0.3 is 9.32 Å². The van der Waals surface area contributed by atoms with E-state index in [2.05, 4.69) is 10.2 Å². The summed E-state index contributed by atoms with van der Waals surface area (Å²) in [4.78, 5) is 15.4. The van der Waals surface area contributed by atoms with Gasteiger partial charge >= 0.3 is 0 Å². The fourth-order valence-corrected chi connectivity index (χ4v) is 3.64. The Kier molecular flexibility index (Phi) is 6.06. The summed E-state index contributed by atoms with van der Waals surface area (Å²) in [5, 5.41) is 8.13. The van der Waals surface area contributed by atoms with Crippen molar-refractivity contribution in [3.8, 4) is 11.5 Å². The van der Waals surface area contributed by atoms with Crippen LogP contribution in [-0.2, 0) is 17.8 Å². The predicted octanol–water partition coefficient (Wildman–Crippen LogP) is 4.74. The average molecular weight is 390 g/mol. The minimum Gasteiger partial charge on any atom is -0.421 e. The number of halogens is 1. The molecule has 0 radical (unpaired) electrons. The van der Waals surface area contributed by atoms with E-state index in [1.165, 1.54) is 16.9 Å². The predicted molar refractivity (Wildman–Crippen MR) is 103 cm³/mol. The summed E-state index contributed by atoms with van der Waals surface area (Å²) in [6, 6.07) is 11.7. The second kappa shape index (κ2) is 8.47. The van der Waals surface area contributed by atoms with Crippen molar-refractivity contribution in [2.45, 2.75) is 33.2 Å². The molecule has 3 rings (SSSR count). The number of hydrogen-bond acceptors (Lipinski definition) is 5. The van der Waals surface area contributed by atoms with E-state index >= 15 is 0 Å². The molecule has 0 aliphatic carbocycles. The normalized spacial score (nSPS) is 10.9. The minimum absolute atomic E-state index is 0.0621. The van der Waals surface area contributed by atoms with E-state index in [-0.39, 0.29) is 5.91 Å². The van der Waals surface area contributed by atoms with Gasteiger partial charge in [0.15, 0.2) is 0 Å². The highest BCUT2D eigenvalue weighted by atomic mass is 35.5. The van der Waals surface area contributed by atoms with Gasteiger partial charge in [0.25, 0.3) is 0 Å². The Balaban J connectivity index is 1.57. The molecule has 7 heteroatoms. The lowest BCUT2D eigenvalue weighted by Gasteiger charge is -2.19. The molecule has 0 spiro atoms. The van der Waals surface area contributed by atoms with E-state index in [0.717, 1.165) is 14.8 Å². The molecule has 0 saturated heterocycles. The molecule has 136 valence electrons. The maximum atomic E-state index is 12.5. The van der Waals surface area contributed by atoms with Crippen LogP contribution in [-0.4, -0.2) is 27.5 Å². The third-order valence-electron chi connectivity index (χ3n) is 4.03. The Morgan fingerprint density at radius 1 is 1.19 bits per heavy atom. The summed E-state index contributed by atoms with van der Waals surface area (Å²) < 4.78 is 6.42. The number of hydrogen-bond donors (Lipinski definition) is 0. The molecule has 0 aliphatic rings. The van der Waals surface area contributed by atoms with Crippen LogP contribution in [0, 0.1) is 6.92 Å². The number of carbonyl (C=O) groups excluding carboxylic acids is 1. The van der Waals surface area contributed by atoms with Crippen LogP contribution in [0.2, 0.25) is 4.34 Å². The van der Waals surface area contributed by atoms with Gasteiger partial charge in [-0.25, -0.2) is 0 Å². The van der Waals surface area contributed by atoms with Gasteiger partial charge in [-0.15, -0.1) is 21.5 Å². The van der Waals surface area contributed by atoms with E-state index in [1.54, 1.807) is 4.90 Å². The second-order valence-corrected chi connectivity index (χ2v) is 7.78. The monoisotopic (exact) mass is 389 g/mol. The molecule has 0 unspecified atom stereocenters. The Labute approximate surface area is 161 Å². The molecule has 0 bridgehead atoms. The summed E-state index contributed by atoms with van der Waals surface area (Å²) in [5.74, 6) is 1.02. The molecule has 5 nitrogen and oxygen atoms in total. The van der Waals surface area contributed by atoms with Crippen molar-refractivity contribution in [1.82, 2.24) is 15.1 Å². The van der Waals surface area contributed by atoms with Crippen LogP contribution in [0.3, 0.4) is 0 Å². The lowest BCUT2D eigenvalue weighted by Crippen LogP contribution is -2.30. The van der Waals surface area contributed by atoms with Gasteiger partial charge in [-0.3, -0.25) is 4.79 Å². The van der Waals surface area contributed by atoms with Crippen LogP contribution < -0.4 is 0 Å². The first-order chi connectivity index (χ1) is 12.5. The van der Waals surface area contributed by atoms with Gasteiger partial charge in [0.2, 0.25) is 17.7 Å². The van der Waals surface area contributed by atoms with Gasteiger partial charge in [0.1, 0.15) is 0 Å². The molecular formula is C19H20ClN3O2S. The third kappa shape index (κ3) is 4.71. The molecule has 0 fully saturated rings. The quantitative estimate of drug-likeness (QED) is 0.585. The van der Waals surface area contributed by atoms with Crippen molar-refractivity contribution in [3.05, 3.63) is 57.1 Å². The largest absolute Gasteiger partial charge is 0.421 e. The Morgan fingerprint density at radius 2 is 1.96 bits per heavy atom. The van der Waals surface area contributed by atoms with Crippen molar-refractivity contribution in [2.75, 3.05) is 6.54 Å². The van der Waals surface area contributed by atoms with E-state index in [9.17, 15) is 4.79 Å². The molecule has 26 heavy (non-hydrogen) atoms. The number of aryl methyl sites for hydroxylation is 2. The number of aromatic nitrogens is 2. The summed E-state index contributed by atoms with van der Waals surface area (Å²) in [6.45, 7) is 5.21. The Morgan fingerprint density at radius 3 is 2.62 bits per heavy atom. The fourth-order valence-electron chi connectivity index (χ4n) is 2.54. The highest BCUT2D eigenvalue weighted by Crippen LogP contribution is 2.23. The van der Waals surface area contributed by atoms with Gasteiger partial charge in [0.05, 0.1) is 10.9 Å². The topological polar surface area (TPSA) is 59.2 Å². The third-order valence-corrected chi connectivity index (χ3v) is 5.24.